The highest BCUT2D eigenvalue weighted by molar-refractivity contribution is 6.07. The second-order valence-corrected chi connectivity index (χ2v) is 28.8. The maximum atomic E-state index is 2.48. The summed E-state index contributed by atoms with van der Waals surface area (Å²) in [6.07, 6.45) is 42.9. The summed E-state index contributed by atoms with van der Waals surface area (Å²) in [5.41, 5.74) is 31.4. The Morgan fingerprint density at radius 1 is 0.221 bits per heavy atom. The van der Waals surface area contributed by atoms with Crippen molar-refractivity contribution < 1.29 is 0 Å². The van der Waals surface area contributed by atoms with Crippen LogP contribution in [0.5, 0.6) is 0 Å². The van der Waals surface area contributed by atoms with Crippen molar-refractivity contribution in [2.24, 2.45) is 5.92 Å². The van der Waals surface area contributed by atoms with E-state index in [1.165, 1.54) is 203 Å². The van der Waals surface area contributed by atoms with Crippen LogP contribution in [0.2, 0.25) is 0 Å². The van der Waals surface area contributed by atoms with E-state index < -0.39 is 0 Å². The van der Waals surface area contributed by atoms with Crippen molar-refractivity contribution in [1.82, 2.24) is 0 Å². The minimum atomic E-state index is 0.676. The lowest BCUT2D eigenvalue weighted by Crippen LogP contribution is -2.02. The molecule has 9 aliphatic carbocycles. The van der Waals surface area contributed by atoms with Gasteiger partial charge in [0.1, 0.15) is 0 Å². The first-order valence-electron chi connectivity index (χ1n) is 38.1. The van der Waals surface area contributed by atoms with Gasteiger partial charge >= 0.3 is 0 Å². The lowest BCUT2D eigenvalue weighted by Gasteiger charge is -2.19. The molecule has 0 radical (unpaired) electrons. The Bertz CT molecular complexity index is 5200. The van der Waals surface area contributed by atoms with Crippen molar-refractivity contribution in [3.05, 3.63) is 439 Å². The molecular formula is C104H90. The normalized spacial score (nSPS) is 15.1. The molecule has 14 aromatic carbocycles. The summed E-state index contributed by atoms with van der Waals surface area (Å²) in [5, 5.41) is 10.5. The second kappa shape index (κ2) is 32.3. The first kappa shape index (κ1) is 67.1. The van der Waals surface area contributed by atoms with E-state index in [-0.39, 0.29) is 0 Å². The molecule has 0 saturated heterocycles. The molecule has 23 rings (SSSR count). The number of allylic oxidation sites excluding steroid dienone is 8. The van der Waals surface area contributed by atoms with Crippen LogP contribution in [0.15, 0.2) is 339 Å². The maximum Gasteiger partial charge on any atom is 0.0166 e. The van der Waals surface area contributed by atoms with Gasteiger partial charge in [0.05, 0.1) is 0 Å². The molecule has 0 spiro atoms. The van der Waals surface area contributed by atoms with Crippen molar-refractivity contribution in [2.45, 2.75) is 96.3 Å². The minimum absolute atomic E-state index is 0.676. The molecule has 506 valence electrons. The van der Waals surface area contributed by atoms with Gasteiger partial charge in [0.15, 0.2) is 0 Å². The van der Waals surface area contributed by atoms with Crippen molar-refractivity contribution >= 4 is 67.4 Å². The first-order valence-corrected chi connectivity index (χ1v) is 38.1. The van der Waals surface area contributed by atoms with Crippen molar-refractivity contribution in [3.8, 4) is 11.1 Å². The van der Waals surface area contributed by atoms with Crippen LogP contribution >= 0.6 is 0 Å². The van der Waals surface area contributed by atoms with Gasteiger partial charge in [-0.05, 0) is 263 Å². The first-order chi connectivity index (χ1) is 51.5. The van der Waals surface area contributed by atoms with Crippen LogP contribution < -0.4 is 0 Å². The highest BCUT2D eigenvalue weighted by Crippen LogP contribution is 2.36. The van der Waals surface area contributed by atoms with E-state index in [1.807, 2.05) is 0 Å². The zero-order chi connectivity index (χ0) is 69.6. The minimum Gasteiger partial charge on any atom is -0.0835 e. The number of rotatable bonds is 0. The van der Waals surface area contributed by atoms with E-state index in [2.05, 4.69) is 358 Å². The van der Waals surface area contributed by atoms with Gasteiger partial charge in [0.2, 0.25) is 0 Å². The number of aryl methyl sites for hydroxylation is 8. The van der Waals surface area contributed by atoms with E-state index in [0.717, 1.165) is 25.7 Å². The van der Waals surface area contributed by atoms with E-state index in [4.69, 9.17) is 0 Å². The standard InChI is InChI=1S/C15H14.C15H12.C14H12.2C14H10.C12H14.C12H10.C8H8/c2*1-3-7-14-11-15-8-4-2-6-13(15)10-9-12(14)5-1;2*1-3-7-13-11(5-1)9-10-12-6-2-4-8-14(12)13;1-2-6-12-10-14-8-4-3-7-13(14)9-11(12)5-1;2*1-3-9-7-11-5-2-6-12(11)8-10(9)4-1;1-3-7-5-2-6-8(7)4-1/h1-8H,9-11H2;1-10H,11H2;1-8H,9-10H2;2*1-10H;7-8H,1-6H2;1-3,6-8H,4-5H2;1-5,7H,6H2. The third-order valence-electron chi connectivity index (χ3n) is 22.2. The summed E-state index contributed by atoms with van der Waals surface area (Å²) in [7, 11) is 0. The van der Waals surface area contributed by atoms with Crippen molar-refractivity contribution in [3.63, 3.8) is 0 Å². The second-order valence-electron chi connectivity index (χ2n) is 28.8. The van der Waals surface area contributed by atoms with Crippen LogP contribution in [0, 0.1) is 5.92 Å². The monoisotopic (exact) mass is 1340 g/mol. The average molecular weight is 1340 g/mol. The van der Waals surface area contributed by atoms with Gasteiger partial charge < -0.3 is 0 Å². The Morgan fingerprint density at radius 3 is 1.04 bits per heavy atom. The van der Waals surface area contributed by atoms with Gasteiger partial charge in [0.25, 0.3) is 0 Å². The van der Waals surface area contributed by atoms with Crippen LogP contribution in [-0.2, 0) is 77.0 Å². The summed E-state index contributed by atoms with van der Waals surface area (Å²) in [6, 6.07) is 105. The van der Waals surface area contributed by atoms with Crippen molar-refractivity contribution in [1.29, 1.82) is 0 Å². The molecule has 0 nitrogen and oxygen atoms in total. The van der Waals surface area contributed by atoms with Crippen LogP contribution in [0.3, 0.4) is 0 Å². The van der Waals surface area contributed by atoms with E-state index in [0.29, 0.717) is 5.92 Å². The molecule has 1 atom stereocenters. The molecular weight excluding hydrogens is 1250 g/mol. The van der Waals surface area contributed by atoms with Crippen LogP contribution in [0.25, 0.3) is 78.5 Å². The highest BCUT2D eigenvalue weighted by Gasteiger charge is 2.19. The molecule has 0 saturated carbocycles. The molecule has 0 heterocycles. The molecule has 104 heavy (non-hydrogen) atoms. The summed E-state index contributed by atoms with van der Waals surface area (Å²) >= 11 is 0. The van der Waals surface area contributed by atoms with Gasteiger partial charge in [-0.3, -0.25) is 0 Å². The molecule has 1 unspecified atom stereocenters. The average Bonchev–Trinajstić information content (AvgIpc) is 1.15. The van der Waals surface area contributed by atoms with Crippen LogP contribution in [0.4, 0.5) is 0 Å². The predicted molar refractivity (Wildman–Crippen MR) is 447 cm³/mol. The van der Waals surface area contributed by atoms with Gasteiger partial charge in [-0.15, -0.1) is 0 Å². The number of hydrogen-bond donors (Lipinski definition) is 0. The fourth-order valence-corrected chi connectivity index (χ4v) is 16.6. The topological polar surface area (TPSA) is 0 Å². The summed E-state index contributed by atoms with van der Waals surface area (Å²) in [4.78, 5) is 0. The Morgan fingerprint density at radius 2 is 0.587 bits per heavy atom. The molecule has 0 heteroatoms. The molecule has 14 aromatic rings. The Kier molecular flexibility index (Phi) is 20.8. The smallest absolute Gasteiger partial charge is 0.0166 e. The maximum absolute atomic E-state index is 2.48. The quantitative estimate of drug-likeness (QED) is 0.0806. The number of hydrogen-bond acceptors (Lipinski definition) is 0. The molecule has 0 fully saturated rings. The third-order valence-corrected chi connectivity index (χ3v) is 22.2. The number of fused-ring (bicyclic) bond motifs is 17. The lowest BCUT2D eigenvalue weighted by atomic mass is 9.86. The summed E-state index contributed by atoms with van der Waals surface area (Å²) in [6.45, 7) is 0. The molecule has 0 aliphatic heterocycles. The van der Waals surface area contributed by atoms with Crippen molar-refractivity contribution in [2.75, 3.05) is 0 Å². The summed E-state index contributed by atoms with van der Waals surface area (Å²) < 4.78 is 0. The Balaban J connectivity index is 0.0000000919. The fourth-order valence-electron chi connectivity index (χ4n) is 16.6. The van der Waals surface area contributed by atoms with Gasteiger partial charge in [-0.1, -0.05) is 351 Å². The summed E-state index contributed by atoms with van der Waals surface area (Å²) in [5.74, 6) is 0.676. The van der Waals surface area contributed by atoms with Crippen LogP contribution in [0.1, 0.15) is 119 Å². The SMILES string of the molecule is C1=CC2C=CCC2=C1.C1=Cc2cc3c(cc2C1)C=CC3.C1=Cc2ccccc2Cc2ccccc21.c1c2c(cc3c1CCC3)CCC2.c1ccc2c(c1)CCc1ccccc1-2.c1ccc2c(c1)CCc1ccccc1C2.c1ccc2c(c1)ccc1ccccc12.c1ccc2cc3ccccc3cc2c1. The molecule has 9 aliphatic rings. The van der Waals surface area contributed by atoms with Gasteiger partial charge in [-0.25, -0.2) is 0 Å². The highest BCUT2D eigenvalue weighted by atomic mass is 14.2. The zero-order valence-corrected chi connectivity index (χ0v) is 59.7. The van der Waals surface area contributed by atoms with E-state index in [9.17, 15) is 0 Å². The van der Waals surface area contributed by atoms with E-state index >= 15 is 0 Å². The Hall–Kier alpha value is -11.4. The van der Waals surface area contributed by atoms with Crippen LogP contribution in [-0.4, -0.2) is 0 Å². The Labute approximate surface area is 616 Å². The third kappa shape index (κ3) is 15.8. The molecule has 0 aromatic heterocycles. The fraction of sp³-hybridized carbons (Fsp3) is 0.154. The largest absolute Gasteiger partial charge is 0.0835 e. The number of benzene rings is 14. The lowest BCUT2D eigenvalue weighted by molar-refractivity contribution is 0.897. The molecule has 0 amide bonds. The molecule has 0 bridgehead atoms. The van der Waals surface area contributed by atoms with Gasteiger partial charge in [0, 0.05) is 5.92 Å². The molecule has 0 N–H and O–H groups in total. The predicted octanol–water partition coefficient (Wildman–Crippen LogP) is 26.1. The van der Waals surface area contributed by atoms with E-state index in [1.54, 1.807) is 27.8 Å². The van der Waals surface area contributed by atoms with Gasteiger partial charge in [-0.2, -0.15) is 0 Å². The zero-order valence-electron chi connectivity index (χ0n) is 59.7.